The van der Waals surface area contributed by atoms with E-state index in [0.717, 1.165) is 15.7 Å². The summed E-state index contributed by atoms with van der Waals surface area (Å²) in [6, 6.07) is 13.1. The molecule has 1 atom stereocenters. The Bertz CT molecular complexity index is 927. The van der Waals surface area contributed by atoms with Gasteiger partial charge in [-0.2, -0.15) is 4.68 Å². The molecule has 134 valence electrons. The summed E-state index contributed by atoms with van der Waals surface area (Å²) in [7, 11) is 1.60. The Balaban J connectivity index is 1.86. The number of methoxy groups -OCH3 is 1. The second kappa shape index (κ2) is 8.01. The molecule has 3 aromatic rings. The van der Waals surface area contributed by atoms with E-state index >= 15 is 0 Å². The first kappa shape index (κ1) is 18.6. The number of halogens is 1. The van der Waals surface area contributed by atoms with E-state index in [1.165, 1.54) is 11.8 Å². The molecule has 0 saturated heterocycles. The third-order valence-corrected chi connectivity index (χ3v) is 5.35. The smallest absolute Gasteiger partial charge is 0.214 e. The van der Waals surface area contributed by atoms with E-state index in [-0.39, 0.29) is 11.0 Å². The minimum absolute atomic E-state index is 0.0215. The Hall–Kier alpha value is -2.19. The van der Waals surface area contributed by atoms with Gasteiger partial charge in [0.15, 0.2) is 5.78 Å². The van der Waals surface area contributed by atoms with Gasteiger partial charge in [0.1, 0.15) is 11.4 Å². The molecule has 0 fully saturated rings. The van der Waals surface area contributed by atoms with E-state index < -0.39 is 0 Å². The van der Waals surface area contributed by atoms with Crippen molar-refractivity contribution in [3.05, 3.63) is 58.1 Å². The van der Waals surface area contributed by atoms with Crippen LogP contribution in [0.5, 0.6) is 5.75 Å². The number of benzene rings is 2. The van der Waals surface area contributed by atoms with E-state index in [0.29, 0.717) is 16.5 Å². The Kier molecular flexibility index (Phi) is 5.73. The number of ketones is 1. The van der Waals surface area contributed by atoms with Crippen LogP contribution >= 0.6 is 27.7 Å². The number of thioether (sulfide) groups is 1. The normalized spacial score (nSPS) is 12.0. The van der Waals surface area contributed by atoms with Crippen LogP contribution in [0.1, 0.15) is 22.8 Å². The summed E-state index contributed by atoms with van der Waals surface area (Å²) >= 11 is 4.69. The van der Waals surface area contributed by atoms with Crippen molar-refractivity contribution >= 4 is 33.5 Å². The Morgan fingerprint density at radius 1 is 1.23 bits per heavy atom. The lowest BCUT2D eigenvalue weighted by molar-refractivity contribution is 0.0994. The van der Waals surface area contributed by atoms with E-state index in [2.05, 4.69) is 31.5 Å². The molecule has 1 heterocycles. The maximum Gasteiger partial charge on any atom is 0.214 e. The van der Waals surface area contributed by atoms with Crippen LogP contribution in [0.2, 0.25) is 0 Å². The number of ether oxygens (including phenoxy) is 1. The molecule has 0 aliphatic heterocycles. The van der Waals surface area contributed by atoms with Crippen LogP contribution in [0, 0.1) is 6.92 Å². The first-order chi connectivity index (χ1) is 12.5. The van der Waals surface area contributed by atoms with Crippen LogP contribution in [0.3, 0.4) is 0 Å². The van der Waals surface area contributed by atoms with Crippen molar-refractivity contribution in [2.24, 2.45) is 0 Å². The monoisotopic (exact) mass is 432 g/mol. The molecule has 0 spiro atoms. The van der Waals surface area contributed by atoms with Crippen LogP contribution in [0.25, 0.3) is 5.69 Å². The van der Waals surface area contributed by atoms with Crippen molar-refractivity contribution in [2.45, 2.75) is 24.3 Å². The number of nitrogens with zero attached hydrogens (tertiary/aromatic N) is 4. The van der Waals surface area contributed by atoms with E-state index in [4.69, 9.17) is 4.74 Å². The van der Waals surface area contributed by atoms with Crippen LogP contribution in [0.15, 0.2) is 52.1 Å². The van der Waals surface area contributed by atoms with Crippen molar-refractivity contribution in [2.75, 3.05) is 7.11 Å². The highest BCUT2D eigenvalue weighted by Crippen LogP contribution is 2.29. The Morgan fingerprint density at radius 3 is 2.65 bits per heavy atom. The van der Waals surface area contributed by atoms with Gasteiger partial charge in [0, 0.05) is 10.0 Å². The second-order valence-corrected chi connectivity index (χ2v) is 7.90. The van der Waals surface area contributed by atoms with Crippen LogP contribution in [-0.4, -0.2) is 38.4 Å². The third kappa shape index (κ3) is 3.96. The summed E-state index contributed by atoms with van der Waals surface area (Å²) in [6.45, 7) is 3.83. The molecule has 8 heteroatoms. The molecule has 0 aliphatic carbocycles. The van der Waals surface area contributed by atoms with Gasteiger partial charge in [-0.25, -0.2) is 0 Å². The van der Waals surface area contributed by atoms with Crippen LogP contribution in [0.4, 0.5) is 0 Å². The van der Waals surface area contributed by atoms with Crippen LogP contribution < -0.4 is 4.74 Å². The summed E-state index contributed by atoms with van der Waals surface area (Å²) < 4.78 is 7.95. The number of rotatable bonds is 6. The number of Topliss-reactive ketones (excluding diaryl/α,β-unsaturated/α-hetero) is 1. The molecule has 3 rings (SSSR count). The molecule has 0 radical (unpaired) electrons. The van der Waals surface area contributed by atoms with Gasteiger partial charge in [0.25, 0.3) is 0 Å². The number of aryl methyl sites for hydroxylation is 1. The maximum absolute atomic E-state index is 12.7. The molecular formula is C18H17BrN4O2S. The lowest BCUT2D eigenvalue weighted by Crippen LogP contribution is -2.14. The largest absolute Gasteiger partial charge is 0.494 e. The molecule has 26 heavy (non-hydrogen) atoms. The molecule has 0 unspecified atom stereocenters. The Labute approximate surface area is 164 Å². The standard InChI is InChI=1S/C18H17BrN4O2S/c1-11-4-9-16(25-3)15(10-11)23-18(20-21-22-23)26-12(2)17(24)13-5-7-14(19)8-6-13/h4-10,12H,1-3H3/t12-/m1/s1. The number of hydrogen-bond acceptors (Lipinski definition) is 6. The average molecular weight is 433 g/mol. The van der Waals surface area contributed by atoms with Crippen molar-refractivity contribution in [1.29, 1.82) is 0 Å². The molecule has 0 aliphatic rings. The van der Waals surface area contributed by atoms with E-state index in [1.54, 1.807) is 23.9 Å². The fourth-order valence-electron chi connectivity index (χ4n) is 2.43. The zero-order valence-corrected chi connectivity index (χ0v) is 16.9. The highest BCUT2D eigenvalue weighted by Gasteiger charge is 2.21. The molecule has 0 saturated carbocycles. The predicted molar refractivity (Wildman–Crippen MR) is 104 cm³/mol. The van der Waals surface area contributed by atoms with Crippen molar-refractivity contribution < 1.29 is 9.53 Å². The highest BCUT2D eigenvalue weighted by atomic mass is 79.9. The third-order valence-electron chi connectivity index (χ3n) is 3.78. The SMILES string of the molecule is COc1ccc(C)cc1-n1nnnc1S[C@H](C)C(=O)c1ccc(Br)cc1. The molecule has 1 aromatic heterocycles. The van der Waals surface area contributed by atoms with Gasteiger partial charge in [-0.15, -0.1) is 5.10 Å². The van der Waals surface area contributed by atoms with Gasteiger partial charge in [-0.3, -0.25) is 4.79 Å². The fraction of sp³-hybridized carbons (Fsp3) is 0.222. The number of hydrogen-bond donors (Lipinski definition) is 0. The average Bonchev–Trinajstić information content (AvgIpc) is 3.09. The molecule has 0 bridgehead atoms. The zero-order valence-electron chi connectivity index (χ0n) is 14.5. The first-order valence-electron chi connectivity index (χ1n) is 7.89. The van der Waals surface area contributed by atoms with Crippen molar-refractivity contribution in [3.63, 3.8) is 0 Å². The second-order valence-electron chi connectivity index (χ2n) is 5.68. The number of tetrazole rings is 1. The minimum atomic E-state index is -0.336. The topological polar surface area (TPSA) is 69.9 Å². The number of carbonyl (C=O) groups is 1. The zero-order chi connectivity index (χ0) is 18.7. The van der Waals surface area contributed by atoms with Gasteiger partial charge >= 0.3 is 0 Å². The van der Waals surface area contributed by atoms with Gasteiger partial charge in [-0.05, 0) is 54.1 Å². The highest BCUT2D eigenvalue weighted by molar-refractivity contribution is 9.10. The predicted octanol–water partition coefficient (Wildman–Crippen LogP) is 4.11. The van der Waals surface area contributed by atoms with Gasteiger partial charge < -0.3 is 4.74 Å². The van der Waals surface area contributed by atoms with E-state index in [9.17, 15) is 4.79 Å². The molecule has 2 aromatic carbocycles. The van der Waals surface area contributed by atoms with E-state index in [1.807, 2.05) is 44.2 Å². The lowest BCUT2D eigenvalue weighted by Gasteiger charge is -2.12. The lowest BCUT2D eigenvalue weighted by atomic mass is 10.1. The molecular weight excluding hydrogens is 416 g/mol. The summed E-state index contributed by atoms with van der Waals surface area (Å²) in [5.74, 6) is 0.685. The summed E-state index contributed by atoms with van der Waals surface area (Å²) in [4.78, 5) is 12.7. The minimum Gasteiger partial charge on any atom is -0.494 e. The molecule has 0 amide bonds. The first-order valence-corrected chi connectivity index (χ1v) is 9.56. The van der Waals surface area contributed by atoms with Gasteiger partial charge in [0.05, 0.1) is 12.4 Å². The Morgan fingerprint density at radius 2 is 1.96 bits per heavy atom. The molecule has 6 nitrogen and oxygen atoms in total. The van der Waals surface area contributed by atoms with Gasteiger partial charge in [0.2, 0.25) is 5.16 Å². The number of carbonyl (C=O) groups excluding carboxylic acids is 1. The summed E-state index contributed by atoms with van der Waals surface area (Å²) in [5, 5.41) is 12.1. The van der Waals surface area contributed by atoms with Crippen molar-refractivity contribution in [3.8, 4) is 11.4 Å². The maximum atomic E-state index is 12.7. The number of aromatic nitrogens is 4. The quantitative estimate of drug-likeness (QED) is 0.431. The summed E-state index contributed by atoms with van der Waals surface area (Å²) in [6.07, 6.45) is 0. The van der Waals surface area contributed by atoms with Crippen molar-refractivity contribution in [1.82, 2.24) is 20.2 Å². The van der Waals surface area contributed by atoms with Gasteiger partial charge in [-0.1, -0.05) is 45.9 Å². The molecule has 0 N–H and O–H groups in total. The summed E-state index contributed by atoms with van der Waals surface area (Å²) in [5.41, 5.74) is 2.45. The fourth-order valence-corrected chi connectivity index (χ4v) is 3.57. The van der Waals surface area contributed by atoms with Crippen LogP contribution in [-0.2, 0) is 0 Å².